The Morgan fingerprint density at radius 3 is 2.78 bits per heavy atom. The lowest BCUT2D eigenvalue weighted by molar-refractivity contribution is -0.123. The summed E-state index contributed by atoms with van der Waals surface area (Å²) in [7, 11) is 0. The van der Waals surface area contributed by atoms with E-state index in [0.717, 1.165) is 16.5 Å². The van der Waals surface area contributed by atoms with Gasteiger partial charge < -0.3 is 15.5 Å². The molecule has 0 aliphatic carbocycles. The molecule has 3 amide bonds. The lowest BCUT2D eigenvalue weighted by Gasteiger charge is -2.31. The Hall–Kier alpha value is -3.10. The predicted molar refractivity (Wildman–Crippen MR) is 93.7 cm³/mol. The van der Waals surface area contributed by atoms with Crippen LogP contribution in [0.25, 0.3) is 0 Å². The molecule has 0 bridgehead atoms. The van der Waals surface area contributed by atoms with Gasteiger partial charge in [0.1, 0.15) is 6.54 Å². The average molecular weight is 375 g/mol. The van der Waals surface area contributed by atoms with Gasteiger partial charge in [-0.15, -0.1) is 0 Å². The van der Waals surface area contributed by atoms with Crippen molar-refractivity contribution in [3.63, 3.8) is 0 Å². The second-order valence-corrected chi connectivity index (χ2v) is 6.91. The second-order valence-electron chi connectivity index (χ2n) is 6.91. The van der Waals surface area contributed by atoms with Crippen LogP contribution in [0.15, 0.2) is 24.4 Å². The van der Waals surface area contributed by atoms with Gasteiger partial charge in [-0.05, 0) is 44.5 Å². The zero-order chi connectivity index (χ0) is 19.8. The van der Waals surface area contributed by atoms with Gasteiger partial charge in [0.15, 0.2) is 11.6 Å². The lowest BCUT2D eigenvalue weighted by Crippen LogP contribution is -2.49. The first-order valence-electron chi connectivity index (χ1n) is 8.31. The summed E-state index contributed by atoms with van der Waals surface area (Å²) in [6.45, 7) is 4.86. The molecule has 2 heterocycles. The number of hydrogen-bond acceptors (Lipinski definition) is 4. The predicted octanol–water partition coefficient (Wildman–Crippen LogP) is 2.46. The number of carbonyl (C=O) groups is 2. The highest BCUT2D eigenvalue weighted by Gasteiger charge is 2.31. The molecule has 0 radical (unpaired) electrons. The van der Waals surface area contributed by atoms with Crippen molar-refractivity contribution in [2.75, 3.05) is 11.9 Å². The van der Waals surface area contributed by atoms with Gasteiger partial charge in [-0.3, -0.25) is 4.79 Å². The third-order valence-electron chi connectivity index (χ3n) is 4.37. The van der Waals surface area contributed by atoms with E-state index in [2.05, 4.69) is 20.8 Å². The van der Waals surface area contributed by atoms with Crippen LogP contribution in [0.2, 0.25) is 0 Å². The summed E-state index contributed by atoms with van der Waals surface area (Å²) in [4.78, 5) is 25.8. The molecule has 1 aliphatic heterocycles. The Kier molecular flexibility index (Phi) is 4.77. The molecular weight excluding hydrogens is 356 g/mol. The van der Waals surface area contributed by atoms with Crippen LogP contribution in [-0.4, -0.2) is 33.6 Å². The first kappa shape index (κ1) is 18.7. The molecule has 9 heteroatoms. The quantitative estimate of drug-likeness (QED) is 0.859. The molecule has 3 rings (SSSR count). The third kappa shape index (κ3) is 3.71. The first-order valence-corrected chi connectivity index (χ1v) is 8.31. The average Bonchev–Trinajstić information content (AvgIpc) is 2.59. The van der Waals surface area contributed by atoms with Gasteiger partial charge in [-0.1, -0.05) is 0 Å². The smallest absolute Gasteiger partial charge is 0.322 e. The van der Waals surface area contributed by atoms with Crippen molar-refractivity contribution >= 4 is 17.6 Å². The van der Waals surface area contributed by atoms with Gasteiger partial charge in [0.25, 0.3) is 0 Å². The largest absolute Gasteiger partial charge is 0.344 e. The summed E-state index contributed by atoms with van der Waals surface area (Å²) in [6, 6.07) is 3.46. The van der Waals surface area contributed by atoms with Crippen LogP contribution in [0.5, 0.6) is 0 Å². The molecule has 2 N–H and O–H groups in total. The van der Waals surface area contributed by atoms with Crippen LogP contribution in [-0.2, 0) is 16.9 Å². The standard InChI is InChI=1S/C18H19F2N5O2/c1-10-6-7-21-24-16(10)18(2,3)23-14(26)9-25-8-11-13(22-17(25)27)5-4-12(19)15(11)20/h4-7H,8-9H2,1-3H3,(H,22,27)(H,23,26). The fraction of sp³-hybridized carbons (Fsp3) is 0.333. The van der Waals surface area contributed by atoms with E-state index in [1.807, 2.05) is 6.92 Å². The van der Waals surface area contributed by atoms with Crippen molar-refractivity contribution in [3.8, 4) is 0 Å². The monoisotopic (exact) mass is 375 g/mol. The van der Waals surface area contributed by atoms with E-state index in [1.165, 1.54) is 6.07 Å². The Bertz CT molecular complexity index is 917. The minimum atomic E-state index is -1.03. The maximum absolute atomic E-state index is 14.0. The Balaban J connectivity index is 1.73. The zero-order valence-electron chi connectivity index (χ0n) is 15.1. The molecule has 0 atom stereocenters. The summed E-state index contributed by atoms with van der Waals surface area (Å²) in [6.07, 6.45) is 1.56. The maximum Gasteiger partial charge on any atom is 0.322 e. The van der Waals surface area contributed by atoms with Crippen molar-refractivity contribution in [1.82, 2.24) is 20.4 Å². The molecule has 1 aromatic carbocycles. The molecule has 0 unspecified atom stereocenters. The highest BCUT2D eigenvalue weighted by atomic mass is 19.2. The molecule has 27 heavy (non-hydrogen) atoms. The number of anilines is 1. The van der Waals surface area contributed by atoms with Crippen LogP contribution < -0.4 is 10.6 Å². The fourth-order valence-electron chi connectivity index (χ4n) is 3.08. The number of nitrogens with one attached hydrogen (secondary N) is 2. The van der Waals surface area contributed by atoms with Crippen molar-refractivity contribution in [2.45, 2.75) is 32.9 Å². The van der Waals surface area contributed by atoms with Gasteiger partial charge in [-0.25, -0.2) is 13.6 Å². The summed E-state index contributed by atoms with van der Waals surface area (Å²) in [5, 5.41) is 13.2. The molecule has 0 saturated carbocycles. The van der Waals surface area contributed by atoms with E-state index in [1.54, 1.807) is 26.1 Å². The number of fused-ring (bicyclic) bond motifs is 1. The van der Waals surface area contributed by atoms with Gasteiger partial charge in [0.2, 0.25) is 5.91 Å². The summed E-state index contributed by atoms with van der Waals surface area (Å²) in [5.41, 5.74) is 0.839. The number of aromatic nitrogens is 2. The number of carbonyl (C=O) groups excluding carboxylic acids is 2. The van der Waals surface area contributed by atoms with Crippen LogP contribution in [0.1, 0.15) is 30.7 Å². The van der Waals surface area contributed by atoms with Crippen molar-refractivity contribution < 1.29 is 18.4 Å². The maximum atomic E-state index is 14.0. The second kappa shape index (κ2) is 6.90. The minimum Gasteiger partial charge on any atom is -0.344 e. The van der Waals surface area contributed by atoms with Crippen molar-refractivity contribution in [2.24, 2.45) is 0 Å². The molecule has 2 aromatic rings. The van der Waals surface area contributed by atoms with Crippen molar-refractivity contribution in [3.05, 3.63) is 52.9 Å². The van der Waals surface area contributed by atoms with Gasteiger partial charge in [-0.2, -0.15) is 10.2 Å². The third-order valence-corrected chi connectivity index (χ3v) is 4.37. The Morgan fingerprint density at radius 1 is 1.33 bits per heavy atom. The SMILES string of the molecule is Cc1ccnnc1C(C)(C)NC(=O)CN1Cc2c(ccc(F)c2F)NC1=O. The summed E-state index contributed by atoms with van der Waals surface area (Å²) < 4.78 is 27.4. The van der Waals surface area contributed by atoms with E-state index in [-0.39, 0.29) is 24.3 Å². The van der Waals surface area contributed by atoms with E-state index < -0.39 is 29.1 Å². The topological polar surface area (TPSA) is 87.2 Å². The zero-order valence-corrected chi connectivity index (χ0v) is 15.1. The number of benzene rings is 1. The number of urea groups is 1. The van der Waals surface area contributed by atoms with Crippen LogP contribution >= 0.6 is 0 Å². The first-order chi connectivity index (χ1) is 12.7. The Morgan fingerprint density at radius 2 is 2.07 bits per heavy atom. The van der Waals surface area contributed by atoms with Crippen LogP contribution in [0, 0.1) is 18.6 Å². The van der Waals surface area contributed by atoms with E-state index in [4.69, 9.17) is 0 Å². The molecule has 7 nitrogen and oxygen atoms in total. The van der Waals surface area contributed by atoms with Gasteiger partial charge in [0, 0.05) is 11.8 Å². The molecule has 0 fully saturated rings. The summed E-state index contributed by atoms with van der Waals surface area (Å²) >= 11 is 0. The molecule has 142 valence electrons. The highest BCUT2D eigenvalue weighted by Crippen LogP contribution is 2.27. The minimum absolute atomic E-state index is 0.00595. The van der Waals surface area contributed by atoms with Crippen molar-refractivity contribution in [1.29, 1.82) is 0 Å². The van der Waals surface area contributed by atoms with Crippen LogP contribution in [0.3, 0.4) is 0 Å². The molecule has 0 spiro atoms. The lowest BCUT2D eigenvalue weighted by atomic mass is 9.96. The molecule has 1 aromatic heterocycles. The summed E-state index contributed by atoms with van der Waals surface area (Å²) in [5.74, 6) is -2.50. The normalized spacial score (nSPS) is 13.8. The van der Waals surface area contributed by atoms with E-state index in [0.29, 0.717) is 5.69 Å². The number of amides is 3. The highest BCUT2D eigenvalue weighted by molar-refractivity contribution is 5.95. The number of nitrogens with zero attached hydrogens (tertiary/aromatic N) is 3. The molecule has 0 saturated heterocycles. The fourth-order valence-corrected chi connectivity index (χ4v) is 3.08. The Labute approximate surface area is 154 Å². The van der Waals surface area contributed by atoms with Crippen LogP contribution in [0.4, 0.5) is 19.3 Å². The number of aryl methyl sites for hydroxylation is 1. The van der Waals surface area contributed by atoms with Gasteiger partial charge >= 0.3 is 6.03 Å². The van der Waals surface area contributed by atoms with E-state index in [9.17, 15) is 18.4 Å². The molecule has 1 aliphatic rings. The number of rotatable bonds is 4. The van der Waals surface area contributed by atoms with E-state index >= 15 is 0 Å². The van der Waals surface area contributed by atoms with Gasteiger partial charge in [0.05, 0.1) is 23.5 Å². The number of hydrogen-bond donors (Lipinski definition) is 2. The molecular formula is C18H19F2N5O2. The number of halogens is 2.